The monoisotopic (exact) mass is 742 g/mol. The summed E-state index contributed by atoms with van der Waals surface area (Å²) in [7, 11) is -6.01. The Hall–Kier alpha value is 0.881. The van der Waals surface area contributed by atoms with Gasteiger partial charge in [-0.15, -0.1) is 0 Å². The number of ether oxygens (including phenoxy) is 2. The smallest absolute Gasteiger partial charge is 0.193 e. The number of fused-ring (bicyclic) bond motifs is 1. The molecule has 2 fully saturated rings. The van der Waals surface area contributed by atoms with Crippen molar-refractivity contribution in [3.8, 4) is 0 Å². The molecule has 2 aliphatic rings. The highest BCUT2D eigenvalue weighted by Crippen LogP contribution is 2.44. The number of hydrogen-bond acceptors (Lipinski definition) is 6. The van der Waals surface area contributed by atoms with Gasteiger partial charge in [0.2, 0.25) is 0 Å². The van der Waals surface area contributed by atoms with Crippen LogP contribution in [0, 0.1) is 0 Å². The first-order chi connectivity index (χ1) is 18.8. The molecule has 0 bridgehead atoms. The number of aliphatic hydroxyl groups excluding tert-OH is 1. The summed E-state index contributed by atoms with van der Waals surface area (Å²) < 4.78 is 36.1. The summed E-state index contributed by atoms with van der Waals surface area (Å²) in [6.07, 6.45) is 2.14. The summed E-state index contributed by atoms with van der Waals surface area (Å²) in [6.45, 7) is 30.1. The van der Waals surface area contributed by atoms with Gasteiger partial charge in [-0.3, -0.25) is 0 Å². The maximum atomic E-state index is 12.0. The third kappa shape index (κ3) is 9.45. The van der Waals surface area contributed by atoms with Gasteiger partial charge in [0.25, 0.3) is 0 Å². The van der Waals surface area contributed by atoms with Crippen LogP contribution in [0.3, 0.4) is 0 Å². The van der Waals surface area contributed by atoms with Gasteiger partial charge in [-0.25, -0.2) is 0 Å². The Bertz CT molecular complexity index is 828. The predicted molar refractivity (Wildman–Crippen MR) is 188 cm³/mol. The molecule has 6 nitrogen and oxygen atoms in total. The van der Waals surface area contributed by atoms with E-state index in [1.165, 1.54) is 0 Å². The van der Waals surface area contributed by atoms with Crippen molar-refractivity contribution in [2.24, 2.45) is 0 Å². The second-order valence-electron chi connectivity index (χ2n) is 15.3. The standard InChI is InChI=1S/C31H63IO6Si3/c1-14-41(15-2,16-3)34-22-20-23-17-18-24-27(35-23)26(33)29(38-40(12,13)31(7,8)9)28(36-24)25(19-21-32)37-39(10,11)30(4,5)6/h19,21,23-29,33H,14-18,20,22H2,1-13H3/b21-19+/t23?,24-,25-,26-,27?,28?,29?/m0/s1. The van der Waals surface area contributed by atoms with Gasteiger partial charge in [0.15, 0.2) is 25.0 Å². The number of rotatable bonds is 13. The second-order valence-corrected chi connectivity index (χ2v) is 30.3. The molecule has 0 saturated carbocycles. The van der Waals surface area contributed by atoms with E-state index in [-0.39, 0.29) is 28.4 Å². The number of hydrogen-bond donors (Lipinski definition) is 1. The van der Waals surface area contributed by atoms with E-state index in [9.17, 15) is 5.11 Å². The van der Waals surface area contributed by atoms with E-state index < -0.39 is 49.4 Å². The molecular weight excluding hydrogens is 679 g/mol. The van der Waals surface area contributed by atoms with Crippen molar-refractivity contribution in [3.63, 3.8) is 0 Å². The van der Waals surface area contributed by atoms with E-state index in [1.807, 2.05) is 4.08 Å². The maximum Gasteiger partial charge on any atom is 0.193 e. The molecule has 0 spiro atoms. The van der Waals surface area contributed by atoms with Gasteiger partial charge in [-0.1, -0.05) is 84.9 Å². The lowest BCUT2D eigenvalue weighted by Gasteiger charge is -2.53. The van der Waals surface area contributed by atoms with E-state index in [0.29, 0.717) is 0 Å². The third-order valence-electron chi connectivity index (χ3n) is 10.7. The lowest BCUT2D eigenvalue weighted by molar-refractivity contribution is -0.270. The summed E-state index contributed by atoms with van der Waals surface area (Å²) in [5.74, 6) is 0. The molecule has 242 valence electrons. The van der Waals surface area contributed by atoms with Gasteiger partial charge in [0.1, 0.15) is 24.4 Å². The van der Waals surface area contributed by atoms with Crippen LogP contribution in [0.2, 0.25) is 54.4 Å². The van der Waals surface area contributed by atoms with Gasteiger partial charge < -0.3 is 27.9 Å². The molecule has 2 heterocycles. The van der Waals surface area contributed by atoms with Crippen molar-refractivity contribution in [2.45, 2.75) is 179 Å². The van der Waals surface area contributed by atoms with Gasteiger partial charge in [0.05, 0.1) is 18.3 Å². The number of halogens is 1. The lowest BCUT2D eigenvalue weighted by Crippen LogP contribution is -2.67. The van der Waals surface area contributed by atoms with Crippen LogP contribution < -0.4 is 0 Å². The first-order valence-corrected chi connectivity index (χ1v) is 25.6. The first-order valence-electron chi connectivity index (χ1n) is 16.0. The summed E-state index contributed by atoms with van der Waals surface area (Å²) in [5.41, 5.74) is 0. The van der Waals surface area contributed by atoms with Crippen LogP contribution in [0.5, 0.6) is 0 Å². The zero-order valence-corrected chi connectivity index (χ0v) is 33.7. The van der Waals surface area contributed by atoms with Gasteiger partial charge in [0, 0.05) is 6.61 Å². The lowest BCUT2D eigenvalue weighted by atomic mass is 9.87. The topological polar surface area (TPSA) is 66.4 Å². The molecule has 0 aromatic carbocycles. The van der Waals surface area contributed by atoms with Gasteiger partial charge >= 0.3 is 0 Å². The molecule has 10 heteroatoms. The van der Waals surface area contributed by atoms with Crippen molar-refractivity contribution < 1.29 is 27.9 Å². The highest BCUT2D eigenvalue weighted by Gasteiger charge is 2.55. The average molecular weight is 743 g/mol. The van der Waals surface area contributed by atoms with Crippen LogP contribution in [0.15, 0.2) is 10.2 Å². The minimum Gasteiger partial charge on any atom is -0.417 e. The molecule has 1 N–H and O–H groups in total. The van der Waals surface area contributed by atoms with E-state index >= 15 is 0 Å². The van der Waals surface area contributed by atoms with E-state index in [4.69, 9.17) is 22.8 Å². The second kappa shape index (κ2) is 15.0. The average Bonchev–Trinajstić information content (AvgIpc) is 2.87. The SMILES string of the molecule is CC[Si](CC)(CC)OCCC1CC[C@@H]2OC([C@H](/C=C/I)O[Si](C)(C)C(C)(C)C)C(O[Si](C)(C)C(C)(C)C)[C@@H](O)C2O1. The van der Waals surface area contributed by atoms with Crippen molar-refractivity contribution >= 4 is 47.5 Å². The molecule has 0 aliphatic carbocycles. The summed E-state index contributed by atoms with van der Waals surface area (Å²) in [5, 5.41) is 12.1. The highest BCUT2D eigenvalue weighted by atomic mass is 127. The van der Waals surface area contributed by atoms with Crippen molar-refractivity contribution in [3.05, 3.63) is 10.2 Å². The van der Waals surface area contributed by atoms with E-state index in [1.54, 1.807) is 0 Å². The quantitative estimate of drug-likeness (QED) is 0.150. The Labute approximate surface area is 269 Å². The van der Waals surface area contributed by atoms with E-state index in [0.717, 1.165) is 44.0 Å². The largest absolute Gasteiger partial charge is 0.417 e. The fourth-order valence-corrected chi connectivity index (χ4v) is 11.0. The fraction of sp³-hybridized carbons (Fsp3) is 0.935. The molecule has 7 atom stereocenters. The number of aliphatic hydroxyl groups is 1. The molecule has 2 saturated heterocycles. The normalized spacial score (nSPS) is 29.5. The Balaban J connectivity index is 2.33. The van der Waals surface area contributed by atoms with Gasteiger partial charge in [-0.05, 0) is 83.8 Å². The van der Waals surface area contributed by atoms with Crippen LogP contribution >= 0.6 is 22.6 Å². The molecule has 2 aliphatic heterocycles. The molecule has 41 heavy (non-hydrogen) atoms. The highest BCUT2D eigenvalue weighted by molar-refractivity contribution is 14.1. The predicted octanol–water partition coefficient (Wildman–Crippen LogP) is 8.80. The molecule has 4 unspecified atom stereocenters. The zero-order valence-electron chi connectivity index (χ0n) is 28.5. The Morgan fingerprint density at radius 3 is 1.95 bits per heavy atom. The molecule has 2 rings (SSSR count). The minimum absolute atomic E-state index is 0.00940. The Morgan fingerprint density at radius 2 is 1.46 bits per heavy atom. The van der Waals surface area contributed by atoms with Crippen molar-refractivity contribution in [1.29, 1.82) is 0 Å². The van der Waals surface area contributed by atoms with Crippen LogP contribution in [-0.2, 0) is 22.8 Å². The van der Waals surface area contributed by atoms with Gasteiger partial charge in [-0.2, -0.15) is 0 Å². The van der Waals surface area contributed by atoms with Crippen LogP contribution in [0.1, 0.15) is 81.6 Å². The first kappa shape index (κ1) is 38.1. The summed E-state index contributed by atoms with van der Waals surface area (Å²) >= 11 is 2.26. The molecular formula is C31H63IO6Si3. The van der Waals surface area contributed by atoms with Crippen molar-refractivity contribution in [1.82, 2.24) is 0 Å². The van der Waals surface area contributed by atoms with Crippen LogP contribution in [0.4, 0.5) is 0 Å². The fourth-order valence-electron chi connectivity index (χ4n) is 5.40. The zero-order chi connectivity index (χ0) is 31.4. The molecule has 0 radical (unpaired) electrons. The molecule has 0 amide bonds. The molecule has 0 aromatic heterocycles. The Kier molecular flexibility index (Phi) is 13.9. The van der Waals surface area contributed by atoms with E-state index in [2.05, 4.69) is 117 Å². The summed E-state index contributed by atoms with van der Waals surface area (Å²) in [4.78, 5) is 0. The molecule has 0 aromatic rings. The van der Waals surface area contributed by atoms with Crippen molar-refractivity contribution in [2.75, 3.05) is 6.61 Å². The third-order valence-corrected chi connectivity index (χ3v) is 24.7. The maximum absolute atomic E-state index is 12.0. The minimum atomic E-state index is -2.25. The van der Waals surface area contributed by atoms with Crippen LogP contribution in [0.25, 0.3) is 0 Å². The van der Waals surface area contributed by atoms with Crippen LogP contribution in [-0.4, -0.2) is 79.4 Å². The Morgan fingerprint density at radius 1 is 0.902 bits per heavy atom. The summed E-state index contributed by atoms with van der Waals surface area (Å²) in [6, 6.07) is 3.46.